The van der Waals surface area contributed by atoms with Crippen molar-refractivity contribution in [2.75, 3.05) is 26.2 Å². The van der Waals surface area contributed by atoms with Crippen molar-refractivity contribution in [1.29, 1.82) is 0 Å². The first-order chi connectivity index (χ1) is 15.1. The molecule has 1 aliphatic heterocycles. The maximum absolute atomic E-state index is 13.3. The summed E-state index contributed by atoms with van der Waals surface area (Å²) in [5, 5.41) is 4.64. The number of benzene rings is 1. The highest BCUT2D eigenvalue weighted by molar-refractivity contribution is 5.96. The van der Waals surface area contributed by atoms with E-state index < -0.39 is 0 Å². The van der Waals surface area contributed by atoms with E-state index in [1.807, 2.05) is 82.6 Å². The quantitative estimate of drug-likeness (QED) is 0.515. The van der Waals surface area contributed by atoms with Crippen LogP contribution in [0.15, 0.2) is 60.9 Å². The van der Waals surface area contributed by atoms with Gasteiger partial charge in [0.05, 0.1) is 28.3 Å². The summed E-state index contributed by atoms with van der Waals surface area (Å²) in [5.41, 5.74) is 5.38. The van der Waals surface area contributed by atoms with Crippen LogP contribution in [0, 0.1) is 13.8 Å². The van der Waals surface area contributed by atoms with Crippen LogP contribution in [0.2, 0.25) is 0 Å². The van der Waals surface area contributed by atoms with Gasteiger partial charge in [-0.1, -0.05) is 24.3 Å². The van der Waals surface area contributed by atoms with Crippen molar-refractivity contribution in [3.05, 3.63) is 83.6 Å². The van der Waals surface area contributed by atoms with Crippen LogP contribution >= 0.6 is 0 Å². The zero-order valence-electron chi connectivity index (χ0n) is 17.9. The number of rotatable bonds is 4. The van der Waals surface area contributed by atoms with Crippen molar-refractivity contribution in [3.8, 4) is 5.69 Å². The van der Waals surface area contributed by atoms with Crippen LogP contribution in [-0.2, 0) is 6.54 Å². The molecule has 0 spiro atoms. The van der Waals surface area contributed by atoms with Gasteiger partial charge in [-0.05, 0) is 38.1 Å². The van der Waals surface area contributed by atoms with Gasteiger partial charge in [-0.15, -0.1) is 0 Å². The average molecular weight is 415 g/mol. The van der Waals surface area contributed by atoms with E-state index in [2.05, 4.69) is 16.2 Å². The van der Waals surface area contributed by atoms with E-state index >= 15 is 0 Å². The normalized spacial score (nSPS) is 15.0. The molecule has 1 aromatic carbocycles. The number of piperazine rings is 1. The minimum atomic E-state index is 0.0737. The third kappa shape index (κ3) is 3.72. The second kappa shape index (κ2) is 8.00. The first-order valence-corrected chi connectivity index (χ1v) is 10.7. The minimum Gasteiger partial charge on any atom is -0.336 e. The van der Waals surface area contributed by atoms with Gasteiger partial charge >= 0.3 is 0 Å². The molecule has 7 nitrogen and oxygen atoms in total. The molecule has 158 valence electrons. The highest BCUT2D eigenvalue weighted by atomic mass is 16.2. The number of para-hydroxylation sites is 1. The number of carbonyl (C=O) groups excluding carboxylic acids is 1. The van der Waals surface area contributed by atoms with Gasteiger partial charge in [0, 0.05) is 45.1 Å². The van der Waals surface area contributed by atoms with Crippen LogP contribution in [0.1, 0.15) is 27.4 Å². The van der Waals surface area contributed by atoms with Gasteiger partial charge in [-0.2, -0.15) is 5.10 Å². The molecule has 0 atom stereocenters. The maximum atomic E-state index is 13.3. The number of aryl methyl sites for hydroxylation is 1. The van der Waals surface area contributed by atoms with Gasteiger partial charge in [0.15, 0.2) is 0 Å². The van der Waals surface area contributed by atoms with Crippen LogP contribution in [0.4, 0.5) is 0 Å². The van der Waals surface area contributed by atoms with E-state index in [-0.39, 0.29) is 5.91 Å². The average Bonchev–Trinajstić information content (AvgIpc) is 3.33. The molecule has 1 fully saturated rings. The van der Waals surface area contributed by atoms with Crippen molar-refractivity contribution in [1.82, 2.24) is 29.0 Å². The molecule has 3 aromatic heterocycles. The molecule has 0 radical (unpaired) electrons. The van der Waals surface area contributed by atoms with Crippen LogP contribution in [0.5, 0.6) is 0 Å². The Labute approximate surface area is 181 Å². The molecule has 4 aromatic rings. The molecule has 7 heteroatoms. The fourth-order valence-electron chi connectivity index (χ4n) is 4.33. The molecule has 0 aliphatic carbocycles. The summed E-state index contributed by atoms with van der Waals surface area (Å²) in [6.45, 7) is 7.78. The molecule has 0 saturated carbocycles. The van der Waals surface area contributed by atoms with E-state index in [4.69, 9.17) is 4.98 Å². The fourth-order valence-corrected chi connectivity index (χ4v) is 4.33. The smallest absolute Gasteiger partial charge is 0.257 e. The molecule has 0 bridgehead atoms. The van der Waals surface area contributed by atoms with Crippen LogP contribution < -0.4 is 0 Å². The van der Waals surface area contributed by atoms with E-state index in [0.717, 1.165) is 53.6 Å². The monoisotopic (exact) mass is 414 g/mol. The van der Waals surface area contributed by atoms with Gasteiger partial charge < -0.3 is 9.30 Å². The summed E-state index contributed by atoms with van der Waals surface area (Å²) in [7, 11) is 0. The number of carbonyl (C=O) groups is 1. The summed E-state index contributed by atoms with van der Waals surface area (Å²) in [6.07, 6.45) is 4.10. The SMILES string of the molecule is Cc1nn(-c2ccccc2)c(C)c1C(=O)N1CCN(Cc2cn3ccccc3n2)CC1. The molecule has 1 amide bonds. The van der Waals surface area contributed by atoms with Gasteiger partial charge in [-0.3, -0.25) is 9.69 Å². The van der Waals surface area contributed by atoms with Crippen LogP contribution in [0.25, 0.3) is 11.3 Å². The Morgan fingerprint density at radius 1 is 0.968 bits per heavy atom. The molecule has 0 N–H and O–H groups in total. The Morgan fingerprint density at radius 2 is 1.71 bits per heavy atom. The lowest BCUT2D eigenvalue weighted by molar-refractivity contribution is 0.0626. The van der Waals surface area contributed by atoms with Gasteiger partial charge in [0.1, 0.15) is 5.65 Å². The molecule has 4 heterocycles. The van der Waals surface area contributed by atoms with Crippen molar-refractivity contribution in [2.45, 2.75) is 20.4 Å². The zero-order chi connectivity index (χ0) is 21.4. The number of fused-ring (bicyclic) bond motifs is 1. The number of pyridine rings is 1. The van der Waals surface area contributed by atoms with Gasteiger partial charge in [0.25, 0.3) is 5.91 Å². The second-order valence-corrected chi connectivity index (χ2v) is 8.06. The lowest BCUT2D eigenvalue weighted by Gasteiger charge is -2.34. The number of amides is 1. The number of hydrogen-bond donors (Lipinski definition) is 0. The summed E-state index contributed by atoms with van der Waals surface area (Å²) in [6, 6.07) is 16.0. The molecule has 5 rings (SSSR count). The van der Waals surface area contributed by atoms with Crippen molar-refractivity contribution < 1.29 is 4.79 Å². The number of nitrogens with zero attached hydrogens (tertiary/aromatic N) is 6. The van der Waals surface area contributed by atoms with Gasteiger partial charge in [0.2, 0.25) is 0 Å². The molecule has 0 unspecified atom stereocenters. The van der Waals surface area contributed by atoms with Gasteiger partial charge in [-0.25, -0.2) is 9.67 Å². The largest absolute Gasteiger partial charge is 0.336 e. The number of imidazole rings is 1. The van der Waals surface area contributed by atoms with Crippen molar-refractivity contribution >= 4 is 11.6 Å². The summed E-state index contributed by atoms with van der Waals surface area (Å²) >= 11 is 0. The molecular weight excluding hydrogens is 388 g/mol. The van der Waals surface area contributed by atoms with Crippen molar-refractivity contribution in [3.63, 3.8) is 0 Å². The van der Waals surface area contributed by atoms with Crippen molar-refractivity contribution in [2.24, 2.45) is 0 Å². The third-order valence-corrected chi connectivity index (χ3v) is 5.96. The molecule has 1 aliphatic rings. The van der Waals surface area contributed by atoms with E-state index in [1.165, 1.54) is 0 Å². The summed E-state index contributed by atoms with van der Waals surface area (Å²) in [5.74, 6) is 0.0737. The third-order valence-electron chi connectivity index (χ3n) is 5.96. The minimum absolute atomic E-state index is 0.0737. The Hall–Kier alpha value is -3.45. The Balaban J connectivity index is 1.26. The maximum Gasteiger partial charge on any atom is 0.257 e. The Kier molecular flexibility index (Phi) is 5.03. The second-order valence-electron chi connectivity index (χ2n) is 8.06. The lowest BCUT2D eigenvalue weighted by Crippen LogP contribution is -2.48. The van der Waals surface area contributed by atoms with E-state index in [0.29, 0.717) is 13.1 Å². The first kappa shape index (κ1) is 19.5. The zero-order valence-corrected chi connectivity index (χ0v) is 17.9. The summed E-state index contributed by atoms with van der Waals surface area (Å²) in [4.78, 5) is 22.3. The number of hydrogen-bond acceptors (Lipinski definition) is 4. The predicted molar refractivity (Wildman–Crippen MR) is 119 cm³/mol. The highest BCUT2D eigenvalue weighted by Gasteiger charge is 2.27. The summed E-state index contributed by atoms with van der Waals surface area (Å²) < 4.78 is 3.91. The number of aromatic nitrogens is 4. The highest BCUT2D eigenvalue weighted by Crippen LogP contribution is 2.21. The lowest BCUT2D eigenvalue weighted by atomic mass is 10.1. The molecule has 31 heavy (non-hydrogen) atoms. The molecular formula is C24H26N6O. The van der Waals surface area contributed by atoms with E-state index in [1.54, 1.807) is 0 Å². The fraction of sp³-hybridized carbons (Fsp3) is 0.292. The Morgan fingerprint density at radius 3 is 2.45 bits per heavy atom. The Bertz CT molecular complexity index is 1180. The van der Waals surface area contributed by atoms with Crippen LogP contribution in [-0.4, -0.2) is 61.1 Å². The predicted octanol–water partition coefficient (Wildman–Crippen LogP) is 3.09. The van der Waals surface area contributed by atoms with E-state index in [9.17, 15) is 4.79 Å². The molecule has 1 saturated heterocycles. The standard InChI is InChI=1S/C24H26N6O/c1-18-23(19(2)30(26-18)21-8-4-3-5-9-21)24(31)28-14-12-27(13-15-28)16-20-17-29-11-7-6-10-22(29)25-20/h3-11,17H,12-16H2,1-2H3. The first-order valence-electron chi connectivity index (χ1n) is 10.7. The topological polar surface area (TPSA) is 58.7 Å². The van der Waals surface area contributed by atoms with Crippen LogP contribution in [0.3, 0.4) is 0 Å².